The van der Waals surface area contributed by atoms with E-state index in [-0.39, 0.29) is 11.6 Å². The third-order valence-corrected chi connectivity index (χ3v) is 5.88. The van der Waals surface area contributed by atoms with E-state index in [1.807, 2.05) is 42.8 Å². The number of halogens is 3. The van der Waals surface area contributed by atoms with Crippen LogP contribution in [-0.4, -0.2) is 25.9 Å². The second kappa shape index (κ2) is 7.31. The number of nitrogens with one attached hydrogen (secondary N) is 2. The van der Waals surface area contributed by atoms with Crippen LogP contribution < -0.4 is 5.32 Å². The SMILES string of the molecule is Cc1nn(Cc2ccc(Cl)cc2)c(C)c1NC(=O)c1n[nH]c(Br)c1Br. The molecule has 0 spiro atoms. The normalized spacial score (nSPS) is 10.9. The molecule has 0 aliphatic heterocycles. The second-order valence-corrected chi connectivity index (χ2v) is 7.51. The third-order valence-electron chi connectivity index (χ3n) is 3.75. The highest BCUT2D eigenvalue weighted by molar-refractivity contribution is 9.13. The zero-order chi connectivity index (χ0) is 18.1. The Morgan fingerprint density at radius 2 is 1.96 bits per heavy atom. The molecule has 9 heteroatoms. The first kappa shape index (κ1) is 18.2. The molecule has 0 unspecified atom stereocenters. The molecular weight excluding hydrogens is 473 g/mol. The fourth-order valence-electron chi connectivity index (χ4n) is 2.42. The maximum Gasteiger partial charge on any atom is 0.277 e. The summed E-state index contributed by atoms with van der Waals surface area (Å²) in [6.45, 7) is 4.37. The van der Waals surface area contributed by atoms with Crippen LogP contribution in [0.2, 0.25) is 5.02 Å². The number of aromatic nitrogens is 4. The smallest absolute Gasteiger partial charge is 0.277 e. The van der Waals surface area contributed by atoms with Gasteiger partial charge in [-0.2, -0.15) is 10.2 Å². The van der Waals surface area contributed by atoms with Gasteiger partial charge in [-0.05, 0) is 63.4 Å². The third kappa shape index (κ3) is 3.80. The Bertz CT molecular complexity index is 933. The number of benzene rings is 1. The molecule has 130 valence electrons. The van der Waals surface area contributed by atoms with E-state index in [1.165, 1.54) is 0 Å². The van der Waals surface area contributed by atoms with Gasteiger partial charge in [0.25, 0.3) is 5.91 Å². The number of aromatic amines is 1. The fraction of sp³-hybridized carbons (Fsp3) is 0.188. The summed E-state index contributed by atoms with van der Waals surface area (Å²) in [4.78, 5) is 12.5. The van der Waals surface area contributed by atoms with Gasteiger partial charge in [0.1, 0.15) is 4.60 Å². The molecule has 3 aromatic rings. The van der Waals surface area contributed by atoms with Gasteiger partial charge in [0.15, 0.2) is 5.69 Å². The van der Waals surface area contributed by atoms with Crippen molar-refractivity contribution >= 4 is 55.1 Å². The molecule has 0 aliphatic rings. The molecule has 2 N–H and O–H groups in total. The number of amides is 1. The monoisotopic (exact) mass is 485 g/mol. The zero-order valence-electron chi connectivity index (χ0n) is 13.4. The second-order valence-electron chi connectivity index (χ2n) is 5.48. The molecule has 0 fully saturated rings. The molecule has 0 bridgehead atoms. The van der Waals surface area contributed by atoms with E-state index in [0.717, 1.165) is 17.0 Å². The lowest BCUT2D eigenvalue weighted by Crippen LogP contribution is -2.14. The average Bonchev–Trinajstić information content (AvgIpc) is 3.04. The lowest BCUT2D eigenvalue weighted by atomic mass is 10.2. The predicted molar refractivity (Wildman–Crippen MR) is 104 cm³/mol. The lowest BCUT2D eigenvalue weighted by Gasteiger charge is -2.07. The van der Waals surface area contributed by atoms with Gasteiger partial charge < -0.3 is 5.32 Å². The van der Waals surface area contributed by atoms with Crippen LogP contribution in [-0.2, 0) is 6.54 Å². The summed E-state index contributed by atoms with van der Waals surface area (Å²) in [6, 6.07) is 7.60. The predicted octanol–water partition coefficient (Wildman–Crippen LogP) is 4.70. The Kier molecular flexibility index (Phi) is 5.31. The molecule has 1 amide bonds. The van der Waals surface area contributed by atoms with Crippen molar-refractivity contribution in [2.24, 2.45) is 0 Å². The highest BCUT2D eigenvalue weighted by Crippen LogP contribution is 2.26. The molecule has 3 rings (SSSR count). The number of H-pyrrole nitrogens is 1. The molecule has 0 saturated carbocycles. The molecule has 0 atom stereocenters. The Labute approximate surface area is 166 Å². The van der Waals surface area contributed by atoms with Crippen molar-refractivity contribution < 1.29 is 4.79 Å². The molecule has 0 saturated heterocycles. The van der Waals surface area contributed by atoms with E-state index in [9.17, 15) is 4.79 Å². The van der Waals surface area contributed by atoms with Gasteiger partial charge in [-0.25, -0.2) is 0 Å². The largest absolute Gasteiger partial charge is 0.317 e. The number of aryl methyl sites for hydroxylation is 1. The minimum absolute atomic E-state index is 0.274. The first-order valence-corrected chi connectivity index (χ1v) is 9.32. The van der Waals surface area contributed by atoms with Crippen LogP contribution in [0.25, 0.3) is 0 Å². The van der Waals surface area contributed by atoms with Crippen molar-refractivity contribution in [2.75, 3.05) is 5.32 Å². The Morgan fingerprint density at radius 1 is 1.28 bits per heavy atom. The van der Waals surface area contributed by atoms with Crippen LogP contribution in [0, 0.1) is 13.8 Å². The van der Waals surface area contributed by atoms with Crippen LogP contribution >= 0.6 is 43.5 Å². The van der Waals surface area contributed by atoms with Crippen LogP contribution in [0.15, 0.2) is 33.3 Å². The van der Waals surface area contributed by atoms with E-state index in [1.54, 1.807) is 0 Å². The molecule has 6 nitrogen and oxygen atoms in total. The summed E-state index contributed by atoms with van der Waals surface area (Å²) < 4.78 is 3.04. The number of hydrogen-bond donors (Lipinski definition) is 2. The van der Waals surface area contributed by atoms with Crippen molar-refractivity contribution in [3.05, 3.63) is 61.0 Å². The Balaban J connectivity index is 1.83. The molecule has 2 aromatic heterocycles. The van der Waals surface area contributed by atoms with Gasteiger partial charge in [-0.15, -0.1) is 0 Å². The number of carbonyl (C=O) groups excluding carboxylic acids is 1. The van der Waals surface area contributed by atoms with E-state index in [2.05, 4.69) is 52.5 Å². The number of carbonyl (C=O) groups is 1. The molecular formula is C16H14Br2ClN5O. The van der Waals surface area contributed by atoms with Crippen LogP contribution in [0.4, 0.5) is 5.69 Å². The van der Waals surface area contributed by atoms with Gasteiger partial charge in [0.2, 0.25) is 0 Å². The van der Waals surface area contributed by atoms with E-state index in [0.29, 0.717) is 26.3 Å². The summed E-state index contributed by atoms with van der Waals surface area (Å²) in [5.74, 6) is -0.314. The summed E-state index contributed by atoms with van der Waals surface area (Å²) in [5, 5.41) is 14.8. The van der Waals surface area contributed by atoms with Gasteiger partial charge in [-0.1, -0.05) is 23.7 Å². The molecule has 2 heterocycles. The number of nitrogens with zero attached hydrogens (tertiary/aromatic N) is 3. The van der Waals surface area contributed by atoms with Gasteiger partial charge in [0, 0.05) is 5.02 Å². The number of rotatable bonds is 4. The standard InChI is InChI=1S/C16H14Br2ClN5O/c1-8-13(20-16(25)14-12(17)15(18)22-21-14)9(2)24(23-8)7-10-3-5-11(19)6-4-10/h3-6H,7H2,1-2H3,(H,20,25)(H,21,22). The van der Waals surface area contributed by atoms with Gasteiger partial charge >= 0.3 is 0 Å². The lowest BCUT2D eigenvalue weighted by molar-refractivity contribution is 0.102. The average molecular weight is 488 g/mol. The van der Waals surface area contributed by atoms with Crippen molar-refractivity contribution in [1.82, 2.24) is 20.0 Å². The fourth-order valence-corrected chi connectivity index (χ4v) is 3.18. The Hall–Kier alpha value is -1.64. The van der Waals surface area contributed by atoms with Crippen molar-refractivity contribution in [3.8, 4) is 0 Å². The zero-order valence-corrected chi connectivity index (χ0v) is 17.3. The summed E-state index contributed by atoms with van der Waals surface area (Å²) in [6.07, 6.45) is 0. The highest BCUT2D eigenvalue weighted by atomic mass is 79.9. The maximum absolute atomic E-state index is 12.5. The van der Waals surface area contributed by atoms with Gasteiger partial charge in [0.05, 0.1) is 28.1 Å². The summed E-state index contributed by atoms with van der Waals surface area (Å²) >= 11 is 12.5. The number of hydrogen-bond acceptors (Lipinski definition) is 3. The highest BCUT2D eigenvalue weighted by Gasteiger charge is 2.20. The molecule has 25 heavy (non-hydrogen) atoms. The van der Waals surface area contributed by atoms with Crippen LogP contribution in [0.3, 0.4) is 0 Å². The first-order chi connectivity index (χ1) is 11.9. The Morgan fingerprint density at radius 3 is 2.56 bits per heavy atom. The topological polar surface area (TPSA) is 75.6 Å². The number of anilines is 1. The van der Waals surface area contributed by atoms with Crippen molar-refractivity contribution in [3.63, 3.8) is 0 Å². The quantitative estimate of drug-likeness (QED) is 0.560. The van der Waals surface area contributed by atoms with Crippen molar-refractivity contribution in [2.45, 2.75) is 20.4 Å². The minimum Gasteiger partial charge on any atom is -0.317 e. The molecule has 1 aromatic carbocycles. The summed E-state index contributed by atoms with van der Waals surface area (Å²) in [5.41, 5.74) is 3.64. The van der Waals surface area contributed by atoms with Crippen LogP contribution in [0.5, 0.6) is 0 Å². The first-order valence-electron chi connectivity index (χ1n) is 7.36. The maximum atomic E-state index is 12.5. The van der Waals surface area contributed by atoms with Gasteiger partial charge in [-0.3, -0.25) is 14.6 Å². The van der Waals surface area contributed by atoms with Crippen LogP contribution in [0.1, 0.15) is 27.4 Å². The summed E-state index contributed by atoms with van der Waals surface area (Å²) in [7, 11) is 0. The van der Waals surface area contributed by atoms with E-state index in [4.69, 9.17) is 11.6 Å². The minimum atomic E-state index is -0.314. The van der Waals surface area contributed by atoms with E-state index >= 15 is 0 Å². The van der Waals surface area contributed by atoms with Crippen molar-refractivity contribution in [1.29, 1.82) is 0 Å². The molecule has 0 aliphatic carbocycles. The molecule has 0 radical (unpaired) electrons. The van der Waals surface area contributed by atoms with E-state index < -0.39 is 0 Å².